The van der Waals surface area contributed by atoms with Gasteiger partial charge in [0.25, 0.3) is 0 Å². The van der Waals surface area contributed by atoms with Crippen LogP contribution in [-0.4, -0.2) is 30.3 Å². The molecule has 1 aliphatic heterocycles. The van der Waals surface area contributed by atoms with Crippen LogP contribution in [-0.2, 0) is 9.53 Å². The van der Waals surface area contributed by atoms with Crippen molar-refractivity contribution in [2.75, 3.05) is 13.2 Å². The van der Waals surface area contributed by atoms with Crippen molar-refractivity contribution in [3.05, 3.63) is 33.8 Å². The average Bonchev–Trinajstić information content (AvgIpc) is 2.33. The summed E-state index contributed by atoms with van der Waals surface area (Å²) in [4.78, 5) is 10.7. The summed E-state index contributed by atoms with van der Waals surface area (Å²) in [5, 5.41) is 12.6. The molecular formula is C11H11Cl2NO3. The summed E-state index contributed by atoms with van der Waals surface area (Å²) in [5.74, 6) is -0.905. The molecule has 0 amide bonds. The van der Waals surface area contributed by atoms with Crippen molar-refractivity contribution in [2.45, 2.75) is 12.1 Å². The molecule has 1 aliphatic rings. The summed E-state index contributed by atoms with van der Waals surface area (Å²) in [6.07, 6.45) is -0.194. The predicted molar refractivity (Wildman–Crippen MR) is 64.6 cm³/mol. The first-order chi connectivity index (χ1) is 8.08. The van der Waals surface area contributed by atoms with Crippen molar-refractivity contribution in [1.82, 2.24) is 5.32 Å². The monoisotopic (exact) mass is 275 g/mol. The number of nitrogens with one attached hydrogen (secondary N) is 1. The van der Waals surface area contributed by atoms with Crippen LogP contribution >= 0.6 is 23.2 Å². The minimum Gasteiger partial charge on any atom is -0.480 e. The van der Waals surface area contributed by atoms with E-state index in [-0.39, 0.29) is 12.7 Å². The van der Waals surface area contributed by atoms with Crippen molar-refractivity contribution >= 4 is 29.2 Å². The Kier molecular flexibility index (Phi) is 3.89. The third kappa shape index (κ3) is 2.90. The Morgan fingerprint density at radius 3 is 2.71 bits per heavy atom. The fourth-order valence-corrected chi connectivity index (χ4v) is 1.97. The maximum Gasteiger partial charge on any atom is 0.323 e. The topological polar surface area (TPSA) is 58.6 Å². The van der Waals surface area contributed by atoms with E-state index in [4.69, 9.17) is 33.0 Å². The smallest absolute Gasteiger partial charge is 0.323 e. The van der Waals surface area contributed by atoms with Gasteiger partial charge in [-0.3, -0.25) is 10.1 Å². The molecule has 2 N–H and O–H groups in total. The number of ether oxygens (including phenoxy) is 1. The normalized spacial score (nSPS) is 24.6. The van der Waals surface area contributed by atoms with Crippen molar-refractivity contribution < 1.29 is 14.6 Å². The zero-order valence-corrected chi connectivity index (χ0v) is 10.3. The average molecular weight is 276 g/mol. The van der Waals surface area contributed by atoms with Gasteiger partial charge in [0.2, 0.25) is 0 Å². The van der Waals surface area contributed by atoms with Gasteiger partial charge in [-0.2, -0.15) is 0 Å². The highest BCUT2D eigenvalue weighted by Crippen LogP contribution is 2.28. The second-order valence-electron chi connectivity index (χ2n) is 3.79. The van der Waals surface area contributed by atoms with Gasteiger partial charge in [-0.05, 0) is 17.7 Å². The number of carbonyl (C=O) groups is 1. The zero-order valence-electron chi connectivity index (χ0n) is 8.82. The lowest BCUT2D eigenvalue weighted by Gasteiger charge is -2.28. The molecule has 17 heavy (non-hydrogen) atoms. The van der Waals surface area contributed by atoms with Gasteiger partial charge in [-0.15, -0.1) is 0 Å². The molecule has 1 saturated heterocycles. The minimum absolute atomic E-state index is 0.139. The van der Waals surface area contributed by atoms with Crippen LogP contribution in [0.2, 0.25) is 10.0 Å². The molecular weight excluding hydrogens is 265 g/mol. The first kappa shape index (κ1) is 12.6. The molecule has 0 radical (unpaired) electrons. The van der Waals surface area contributed by atoms with Gasteiger partial charge >= 0.3 is 5.97 Å². The van der Waals surface area contributed by atoms with Crippen molar-refractivity contribution in [1.29, 1.82) is 0 Å². The van der Waals surface area contributed by atoms with Gasteiger partial charge in [0.1, 0.15) is 6.04 Å². The molecule has 1 fully saturated rings. The lowest BCUT2D eigenvalue weighted by atomic mass is 10.1. The van der Waals surface area contributed by atoms with Gasteiger partial charge in [-0.1, -0.05) is 29.3 Å². The quantitative estimate of drug-likeness (QED) is 0.868. The van der Waals surface area contributed by atoms with Crippen LogP contribution in [0.15, 0.2) is 18.2 Å². The van der Waals surface area contributed by atoms with Gasteiger partial charge < -0.3 is 9.84 Å². The summed E-state index contributed by atoms with van der Waals surface area (Å²) in [6.45, 7) is 0.579. The fraction of sp³-hybridized carbons (Fsp3) is 0.364. The van der Waals surface area contributed by atoms with Crippen LogP contribution in [0.4, 0.5) is 0 Å². The lowest BCUT2D eigenvalue weighted by Crippen LogP contribution is -2.47. The number of hydrogen-bond donors (Lipinski definition) is 2. The Hall–Kier alpha value is -0.810. The van der Waals surface area contributed by atoms with E-state index >= 15 is 0 Å². The molecule has 0 aliphatic carbocycles. The largest absolute Gasteiger partial charge is 0.480 e. The van der Waals surface area contributed by atoms with E-state index in [1.165, 1.54) is 0 Å². The van der Waals surface area contributed by atoms with Crippen LogP contribution in [0.3, 0.4) is 0 Å². The highest BCUT2D eigenvalue weighted by Gasteiger charge is 2.26. The molecule has 1 aromatic carbocycles. The van der Waals surface area contributed by atoms with Crippen molar-refractivity contribution in [3.63, 3.8) is 0 Å². The Morgan fingerprint density at radius 2 is 2.18 bits per heavy atom. The number of aliphatic carboxylic acids is 1. The molecule has 2 atom stereocenters. The Bertz CT molecular complexity index is 431. The Balaban J connectivity index is 2.05. The zero-order chi connectivity index (χ0) is 12.4. The number of morpholine rings is 1. The maximum absolute atomic E-state index is 10.7. The van der Waals surface area contributed by atoms with Crippen LogP contribution in [0, 0.1) is 0 Å². The summed E-state index contributed by atoms with van der Waals surface area (Å²) >= 11 is 11.7. The lowest BCUT2D eigenvalue weighted by molar-refractivity contribution is -0.144. The van der Waals surface area contributed by atoms with Crippen LogP contribution in [0.1, 0.15) is 11.7 Å². The summed E-state index contributed by atoms with van der Waals surface area (Å²) in [6, 6.07) is 4.61. The highest BCUT2D eigenvalue weighted by atomic mass is 35.5. The Morgan fingerprint density at radius 1 is 1.41 bits per heavy atom. The summed E-state index contributed by atoms with van der Waals surface area (Å²) in [5.41, 5.74) is 0.885. The molecule has 6 heteroatoms. The number of halogens is 2. The first-order valence-electron chi connectivity index (χ1n) is 5.10. The maximum atomic E-state index is 10.7. The first-order valence-corrected chi connectivity index (χ1v) is 5.86. The van der Waals surface area contributed by atoms with E-state index in [1.807, 2.05) is 6.07 Å². The van der Waals surface area contributed by atoms with E-state index in [0.717, 1.165) is 5.56 Å². The standard InChI is InChI=1S/C11H11Cl2NO3/c12-7-2-1-6(3-8(7)13)10-4-14-9(5-17-10)11(15)16/h1-3,9-10,14H,4-5H2,(H,15,16)/t9-,10+/m1/s1. The molecule has 0 unspecified atom stereocenters. The van der Waals surface area contributed by atoms with Gasteiger partial charge in [-0.25, -0.2) is 0 Å². The second kappa shape index (κ2) is 5.23. The van der Waals surface area contributed by atoms with Gasteiger partial charge in [0.05, 0.1) is 22.8 Å². The molecule has 2 rings (SSSR count). The van der Waals surface area contributed by atoms with Gasteiger partial charge in [0, 0.05) is 6.54 Å². The molecule has 1 heterocycles. The molecule has 4 nitrogen and oxygen atoms in total. The number of carboxylic acid groups (broad SMARTS) is 1. The third-order valence-corrected chi connectivity index (χ3v) is 3.37. The van der Waals surface area contributed by atoms with E-state index < -0.39 is 12.0 Å². The fourth-order valence-electron chi connectivity index (χ4n) is 1.66. The van der Waals surface area contributed by atoms with E-state index in [0.29, 0.717) is 16.6 Å². The second-order valence-corrected chi connectivity index (χ2v) is 4.61. The number of benzene rings is 1. The number of rotatable bonds is 2. The summed E-state index contributed by atoms with van der Waals surface area (Å²) in [7, 11) is 0. The predicted octanol–water partition coefficient (Wildman–Crippen LogP) is 2.11. The summed E-state index contributed by atoms with van der Waals surface area (Å²) < 4.78 is 5.49. The van der Waals surface area contributed by atoms with E-state index in [9.17, 15) is 4.79 Å². The van der Waals surface area contributed by atoms with E-state index in [2.05, 4.69) is 5.32 Å². The molecule has 1 aromatic rings. The SMILES string of the molecule is O=C(O)[C@H]1CO[C@H](c2ccc(Cl)c(Cl)c2)CN1. The van der Waals surface area contributed by atoms with Crippen molar-refractivity contribution in [3.8, 4) is 0 Å². The Labute approximate surface area is 108 Å². The molecule has 0 aromatic heterocycles. The number of carboxylic acids is 1. The minimum atomic E-state index is -0.905. The van der Waals surface area contributed by atoms with Crippen LogP contribution < -0.4 is 5.32 Å². The molecule has 0 saturated carbocycles. The van der Waals surface area contributed by atoms with E-state index in [1.54, 1.807) is 12.1 Å². The number of hydrogen-bond acceptors (Lipinski definition) is 3. The third-order valence-electron chi connectivity index (χ3n) is 2.63. The molecule has 0 bridgehead atoms. The van der Waals surface area contributed by atoms with Gasteiger partial charge in [0.15, 0.2) is 0 Å². The van der Waals surface area contributed by atoms with Crippen LogP contribution in [0.5, 0.6) is 0 Å². The van der Waals surface area contributed by atoms with Crippen LogP contribution in [0.25, 0.3) is 0 Å². The molecule has 0 spiro atoms. The highest BCUT2D eigenvalue weighted by molar-refractivity contribution is 6.42. The molecule has 92 valence electrons. The van der Waals surface area contributed by atoms with Crippen molar-refractivity contribution in [2.24, 2.45) is 0 Å².